The van der Waals surface area contributed by atoms with E-state index in [-0.39, 0.29) is 23.8 Å². The smallest absolute Gasteiger partial charge is 0.334 e. The third kappa shape index (κ3) is 3.23. The van der Waals surface area contributed by atoms with Crippen LogP contribution in [0.5, 0.6) is 0 Å². The first-order valence-electron chi connectivity index (χ1n) is 8.85. The van der Waals surface area contributed by atoms with Gasteiger partial charge in [0.25, 0.3) is 0 Å². The van der Waals surface area contributed by atoms with Crippen LogP contribution in [0.15, 0.2) is 36.5 Å². The molecule has 0 spiro atoms. The number of esters is 2. The Kier molecular flexibility index (Phi) is 4.61. The molecule has 142 valence electrons. The summed E-state index contributed by atoms with van der Waals surface area (Å²) in [7, 11) is 0. The summed E-state index contributed by atoms with van der Waals surface area (Å²) in [5, 5.41) is 20.1. The first-order valence-corrected chi connectivity index (χ1v) is 8.85. The van der Waals surface area contributed by atoms with Gasteiger partial charge in [0, 0.05) is 17.9 Å². The second kappa shape index (κ2) is 6.35. The Labute approximate surface area is 153 Å². The van der Waals surface area contributed by atoms with Crippen molar-refractivity contribution in [1.29, 1.82) is 0 Å². The van der Waals surface area contributed by atoms with Gasteiger partial charge in [0.15, 0.2) is 0 Å². The van der Waals surface area contributed by atoms with Crippen LogP contribution >= 0.6 is 0 Å². The molecule has 0 amide bonds. The molecule has 0 aromatic heterocycles. The number of carbonyl (C=O) groups is 2. The summed E-state index contributed by atoms with van der Waals surface area (Å²) in [6, 6.07) is 0. The quantitative estimate of drug-likeness (QED) is 0.451. The normalized spacial score (nSPS) is 37.1. The maximum absolute atomic E-state index is 12.3. The fourth-order valence-corrected chi connectivity index (χ4v) is 4.43. The summed E-state index contributed by atoms with van der Waals surface area (Å²) in [6.07, 6.45) is -1.22. The van der Waals surface area contributed by atoms with E-state index in [1.807, 2.05) is 0 Å². The van der Waals surface area contributed by atoms with Crippen LogP contribution < -0.4 is 0 Å². The van der Waals surface area contributed by atoms with Crippen LogP contribution in [-0.4, -0.2) is 46.1 Å². The maximum Gasteiger partial charge on any atom is 0.334 e. The molecule has 6 heteroatoms. The molecule has 0 bridgehead atoms. The van der Waals surface area contributed by atoms with Gasteiger partial charge in [-0.3, -0.25) is 4.79 Å². The van der Waals surface area contributed by atoms with E-state index < -0.39 is 41.8 Å². The molecule has 6 atom stereocenters. The molecule has 2 N–H and O–H groups in total. The minimum absolute atomic E-state index is 0.0818. The zero-order valence-corrected chi connectivity index (χ0v) is 15.2. The fourth-order valence-electron chi connectivity index (χ4n) is 4.43. The number of rotatable bonds is 3. The molecular weight excluding hydrogens is 336 g/mol. The van der Waals surface area contributed by atoms with Gasteiger partial charge in [-0.25, -0.2) is 4.79 Å². The van der Waals surface area contributed by atoms with Crippen LogP contribution in [0.25, 0.3) is 0 Å². The Hall–Kier alpha value is -1.92. The predicted molar refractivity (Wildman–Crippen MR) is 93.8 cm³/mol. The van der Waals surface area contributed by atoms with Crippen LogP contribution in [-0.2, 0) is 19.1 Å². The van der Waals surface area contributed by atoms with E-state index in [0.29, 0.717) is 18.4 Å². The van der Waals surface area contributed by atoms with E-state index in [2.05, 4.69) is 19.7 Å². The lowest BCUT2D eigenvalue weighted by Crippen LogP contribution is -2.37. The Morgan fingerprint density at radius 2 is 1.96 bits per heavy atom. The first kappa shape index (κ1) is 18.9. The highest BCUT2D eigenvalue weighted by molar-refractivity contribution is 5.91. The summed E-state index contributed by atoms with van der Waals surface area (Å²) < 4.78 is 11.2. The summed E-state index contributed by atoms with van der Waals surface area (Å²) in [5.41, 5.74) is 0.536. The van der Waals surface area contributed by atoms with Crippen LogP contribution in [0, 0.1) is 17.8 Å². The number of hydrogen-bond donors (Lipinski definition) is 2. The van der Waals surface area contributed by atoms with Crippen molar-refractivity contribution in [2.45, 2.75) is 57.0 Å². The van der Waals surface area contributed by atoms with E-state index in [0.717, 1.165) is 5.57 Å². The highest BCUT2D eigenvalue weighted by Crippen LogP contribution is 2.52. The average molecular weight is 362 g/mol. The van der Waals surface area contributed by atoms with Crippen LogP contribution in [0.3, 0.4) is 0 Å². The molecule has 0 radical (unpaired) electrons. The van der Waals surface area contributed by atoms with E-state index in [1.54, 1.807) is 0 Å². The molecule has 2 saturated carbocycles. The van der Waals surface area contributed by atoms with Crippen LogP contribution in [0.2, 0.25) is 0 Å². The van der Waals surface area contributed by atoms with Crippen molar-refractivity contribution < 1.29 is 29.3 Å². The maximum atomic E-state index is 12.3. The molecule has 26 heavy (non-hydrogen) atoms. The Bertz CT molecular complexity index is 685. The molecular formula is C20H26O6. The van der Waals surface area contributed by atoms with E-state index >= 15 is 0 Å². The zero-order valence-electron chi connectivity index (χ0n) is 15.2. The van der Waals surface area contributed by atoms with E-state index in [1.165, 1.54) is 13.8 Å². The van der Waals surface area contributed by atoms with Crippen molar-refractivity contribution in [3.8, 4) is 0 Å². The van der Waals surface area contributed by atoms with Crippen molar-refractivity contribution in [2.24, 2.45) is 17.8 Å². The highest BCUT2D eigenvalue weighted by Gasteiger charge is 2.56. The van der Waals surface area contributed by atoms with Crippen molar-refractivity contribution >= 4 is 11.9 Å². The molecule has 1 aliphatic heterocycles. The lowest BCUT2D eigenvalue weighted by Gasteiger charge is -2.28. The van der Waals surface area contributed by atoms with Gasteiger partial charge in [-0.15, -0.1) is 0 Å². The topological polar surface area (TPSA) is 93.1 Å². The zero-order chi connectivity index (χ0) is 19.4. The standard InChI is InChI=1S/C20H26O6/c1-9-6-14(25-15(22)8-20(4,5)24)17-11(3)19(23)26-18(17)16-10(2)13(21)7-12(9)16/h12-14,16-18,21,24H,1-3,6-8H2,4-5H3/t12-,13-,14-,16-,17+,18+/m0/s1. The second-order valence-electron chi connectivity index (χ2n) is 8.26. The van der Waals surface area contributed by atoms with Gasteiger partial charge in [-0.1, -0.05) is 25.3 Å². The van der Waals surface area contributed by atoms with E-state index in [9.17, 15) is 19.8 Å². The Morgan fingerprint density at radius 3 is 2.58 bits per heavy atom. The van der Waals surface area contributed by atoms with Crippen molar-refractivity contribution in [3.05, 3.63) is 36.5 Å². The Morgan fingerprint density at radius 1 is 1.31 bits per heavy atom. The average Bonchev–Trinajstić information content (AvgIpc) is 2.90. The minimum Gasteiger partial charge on any atom is -0.461 e. The minimum atomic E-state index is -1.19. The Balaban J connectivity index is 1.91. The number of aliphatic hydroxyl groups excluding tert-OH is 1. The van der Waals surface area contributed by atoms with Gasteiger partial charge in [0.05, 0.1) is 24.0 Å². The van der Waals surface area contributed by atoms with Gasteiger partial charge in [-0.2, -0.15) is 0 Å². The predicted octanol–water partition coefficient (Wildman–Crippen LogP) is 1.67. The highest BCUT2D eigenvalue weighted by atomic mass is 16.6. The number of ether oxygens (including phenoxy) is 2. The molecule has 0 aromatic carbocycles. The molecule has 0 aromatic rings. The number of aliphatic hydroxyl groups is 2. The molecule has 1 heterocycles. The molecule has 3 fully saturated rings. The van der Waals surface area contributed by atoms with Crippen molar-refractivity contribution in [2.75, 3.05) is 0 Å². The van der Waals surface area contributed by atoms with Crippen LogP contribution in [0.1, 0.15) is 33.1 Å². The SMILES string of the molecule is C=C1C(=O)O[C@@H]2[C@H]3C(=C)[C@@H](O)C[C@H]3C(=C)C[C@H](OC(=O)CC(C)(C)O)[C@@H]12. The third-order valence-electron chi connectivity index (χ3n) is 5.63. The summed E-state index contributed by atoms with van der Waals surface area (Å²) >= 11 is 0. The third-order valence-corrected chi connectivity index (χ3v) is 5.63. The lowest BCUT2D eigenvalue weighted by molar-refractivity contribution is -0.156. The monoisotopic (exact) mass is 362 g/mol. The van der Waals surface area contributed by atoms with Gasteiger partial charge < -0.3 is 19.7 Å². The van der Waals surface area contributed by atoms with Crippen molar-refractivity contribution in [3.63, 3.8) is 0 Å². The van der Waals surface area contributed by atoms with Gasteiger partial charge >= 0.3 is 11.9 Å². The molecule has 3 rings (SSSR count). The molecule has 6 nitrogen and oxygen atoms in total. The summed E-state index contributed by atoms with van der Waals surface area (Å²) in [4.78, 5) is 24.4. The molecule has 2 aliphatic carbocycles. The molecule has 3 aliphatic rings. The van der Waals surface area contributed by atoms with Crippen molar-refractivity contribution in [1.82, 2.24) is 0 Å². The lowest BCUT2D eigenvalue weighted by atomic mass is 9.81. The van der Waals surface area contributed by atoms with Gasteiger partial charge in [0.2, 0.25) is 0 Å². The number of carbonyl (C=O) groups excluding carboxylic acids is 2. The van der Waals surface area contributed by atoms with E-state index in [4.69, 9.17) is 9.47 Å². The van der Waals surface area contributed by atoms with Gasteiger partial charge in [0.1, 0.15) is 12.2 Å². The largest absolute Gasteiger partial charge is 0.461 e. The summed E-state index contributed by atoms with van der Waals surface area (Å²) in [5.74, 6) is -1.91. The summed E-state index contributed by atoms with van der Waals surface area (Å²) in [6.45, 7) is 15.0. The van der Waals surface area contributed by atoms with Gasteiger partial charge in [-0.05, 0) is 31.8 Å². The number of hydrogen-bond acceptors (Lipinski definition) is 6. The molecule has 1 saturated heterocycles. The number of fused-ring (bicyclic) bond motifs is 3. The first-order chi connectivity index (χ1) is 12.0. The fraction of sp³-hybridized carbons (Fsp3) is 0.600. The van der Waals surface area contributed by atoms with Crippen LogP contribution in [0.4, 0.5) is 0 Å². The molecule has 0 unspecified atom stereocenters. The second-order valence-corrected chi connectivity index (χ2v) is 8.26.